The Labute approximate surface area is 170 Å². The van der Waals surface area contributed by atoms with Crippen LogP contribution in [0, 0.1) is 0 Å². The first-order valence-corrected chi connectivity index (χ1v) is 10.3. The number of amides is 4. The highest BCUT2D eigenvalue weighted by Crippen LogP contribution is 2.34. The van der Waals surface area contributed by atoms with Gasteiger partial charge in [-0.2, -0.15) is 0 Å². The molecule has 2 fully saturated rings. The van der Waals surface area contributed by atoms with E-state index in [1.807, 2.05) is 42.5 Å². The maximum Gasteiger partial charge on any atom is 0.325 e. The van der Waals surface area contributed by atoms with Crippen LogP contribution in [0.25, 0.3) is 10.8 Å². The summed E-state index contributed by atoms with van der Waals surface area (Å²) in [4.78, 5) is 41.5. The van der Waals surface area contributed by atoms with Gasteiger partial charge in [-0.25, -0.2) is 4.79 Å². The van der Waals surface area contributed by atoms with E-state index in [0.29, 0.717) is 0 Å². The number of hydrogen-bond acceptors (Lipinski definition) is 3. The fourth-order valence-corrected chi connectivity index (χ4v) is 4.60. The van der Waals surface area contributed by atoms with Gasteiger partial charge in [0.2, 0.25) is 5.91 Å². The molecule has 1 saturated heterocycles. The zero-order valence-corrected chi connectivity index (χ0v) is 17.0. The van der Waals surface area contributed by atoms with Gasteiger partial charge >= 0.3 is 6.03 Å². The average Bonchev–Trinajstić information content (AvgIpc) is 2.97. The average molecular weight is 393 g/mol. The molecule has 2 aromatic carbocycles. The molecule has 0 radical (unpaired) electrons. The number of rotatable bonds is 4. The van der Waals surface area contributed by atoms with Gasteiger partial charge in [0.25, 0.3) is 5.91 Å². The van der Waals surface area contributed by atoms with E-state index in [-0.39, 0.29) is 24.4 Å². The van der Waals surface area contributed by atoms with Crippen molar-refractivity contribution in [3.8, 4) is 0 Å². The summed E-state index contributed by atoms with van der Waals surface area (Å²) in [6.07, 6.45) is 5.40. The van der Waals surface area contributed by atoms with Gasteiger partial charge in [-0.3, -0.25) is 14.5 Å². The van der Waals surface area contributed by atoms with Gasteiger partial charge in [0.05, 0.1) is 0 Å². The summed E-state index contributed by atoms with van der Waals surface area (Å²) in [5, 5.41) is 4.74. The number of benzene rings is 2. The topological polar surface area (TPSA) is 69.7 Å². The highest BCUT2D eigenvalue weighted by molar-refractivity contribution is 6.10. The Kier molecular flexibility index (Phi) is 5.03. The van der Waals surface area contributed by atoms with E-state index in [1.54, 1.807) is 18.9 Å². The van der Waals surface area contributed by atoms with Gasteiger partial charge in [0.15, 0.2) is 0 Å². The van der Waals surface area contributed by atoms with Crippen LogP contribution in [0.3, 0.4) is 0 Å². The molecule has 1 aliphatic heterocycles. The largest absolute Gasteiger partial charge is 0.341 e. The predicted octanol–water partition coefficient (Wildman–Crippen LogP) is 3.40. The molecule has 2 aliphatic rings. The molecule has 152 valence electrons. The molecular formula is C23H27N3O3. The standard InChI is InChI=1S/C23H27N3O3/c1-23(19-14-8-10-16-9-6-7-13-18(16)19)21(28)26(22(29)24-23)15-20(27)25(2)17-11-4-3-5-12-17/h6-10,13-14,17H,3-5,11-12,15H2,1-2H3,(H,24,29)/t23-/m0/s1. The number of carbonyl (C=O) groups is 3. The van der Waals surface area contributed by atoms with Crippen LogP contribution >= 0.6 is 0 Å². The van der Waals surface area contributed by atoms with Crippen LogP contribution < -0.4 is 5.32 Å². The van der Waals surface area contributed by atoms with Crippen molar-refractivity contribution in [2.45, 2.75) is 50.6 Å². The normalized spacial score (nSPS) is 22.8. The van der Waals surface area contributed by atoms with Gasteiger partial charge in [0, 0.05) is 13.1 Å². The summed E-state index contributed by atoms with van der Waals surface area (Å²) < 4.78 is 0. The third kappa shape index (κ3) is 3.37. The first kappa shape index (κ1) is 19.4. The first-order chi connectivity index (χ1) is 13.9. The van der Waals surface area contributed by atoms with E-state index in [4.69, 9.17) is 0 Å². The lowest BCUT2D eigenvalue weighted by molar-refractivity contribution is -0.139. The predicted molar refractivity (Wildman–Crippen MR) is 111 cm³/mol. The SMILES string of the molecule is CN(C(=O)CN1C(=O)N[C@@](C)(c2cccc3ccccc23)C1=O)C1CCCCC1. The van der Waals surface area contributed by atoms with Crippen LogP contribution in [0.1, 0.15) is 44.6 Å². The van der Waals surface area contributed by atoms with Crippen molar-refractivity contribution in [1.82, 2.24) is 15.1 Å². The minimum Gasteiger partial charge on any atom is -0.341 e. The fourth-order valence-electron chi connectivity index (χ4n) is 4.60. The molecule has 29 heavy (non-hydrogen) atoms. The smallest absolute Gasteiger partial charge is 0.325 e. The molecule has 1 saturated carbocycles. The van der Waals surface area contributed by atoms with Crippen molar-refractivity contribution in [2.75, 3.05) is 13.6 Å². The molecular weight excluding hydrogens is 366 g/mol. The summed E-state index contributed by atoms with van der Waals surface area (Å²) in [5.41, 5.74) is -0.453. The van der Waals surface area contributed by atoms with Crippen LogP contribution in [-0.4, -0.2) is 47.3 Å². The van der Waals surface area contributed by atoms with Gasteiger partial charge in [0.1, 0.15) is 12.1 Å². The fraction of sp³-hybridized carbons (Fsp3) is 0.435. The van der Waals surface area contributed by atoms with Crippen LogP contribution in [0.4, 0.5) is 4.79 Å². The lowest BCUT2D eigenvalue weighted by atomic mass is 9.88. The Hall–Kier alpha value is -2.89. The zero-order valence-electron chi connectivity index (χ0n) is 17.0. The molecule has 1 atom stereocenters. The third-order valence-corrected chi connectivity index (χ3v) is 6.41. The minimum absolute atomic E-state index is 0.192. The van der Waals surface area contributed by atoms with Gasteiger partial charge in [-0.05, 0) is 36.1 Å². The number of imide groups is 1. The quantitative estimate of drug-likeness (QED) is 0.810. The highest BCUT2D eigenvalue weighted by atomic mass is 16.2. The molecule has 0 bridgehead atoms. The lowest BCUT2D eigenvalue weighted by Gasteiger charge is -2.32. The monoisotopic (exact) mass is 393 g/mol. The Morgan fingerprint density at radius 2 is 1.79 bits per heavy atom. The van der Waals surface area contributed by atoms with Gasteiger partial charge in [-0.15, -0.1) is 0 Å². The molecule has 0 aromatic heterocycles. The van der Waals surface area contributed by atoms with Crippen molar-refractivity contribution in [3.63, 3.8) is 0 Å². The van der Waals surface area contributed by atoms with Crippen molar-refractivity contribution < 1.29 is 14.4 Å². The minimum atomic E-state index is -1.19. The molecule has 1 N–H and O–H groups in total. The number of carbonyl (C=O) groups excluding carboxylic acids is 3. The Morgan fingerprint density at radius 3 is 2.55 bits per heavy atom. The third-order valence-electron chi connectivity index (χ3n) is 6.41. The van der Waals surface area contributed by atoms with Crippen molar-refractivity contribution in [3.05, 3.63) is 48.0 Å². The number of urea groups is 1. The second kappa shape index (κ2) is 7.50. The number of fused-ring (bicyclic) bond motifs is 1. The summed E-state index contributed by atoms with van der Waals surface area (Å²) in [5.74, 6) is -0.577. The van der Waals surface area contributed by atoms with E-state index in [2.05, 4.69) is 5.32 Å². The molecule has 1 aliphatic carbocycles. The van der Waals surface area contributed by atoms with Crippen LogP contribution in [0.2, 0.25) is 0 Å². The summed E-state index contributed by atoms with van der Waals surface area (Å²) >= 11 is 0. The van der Waals surface area contributed by atoms with Crippen LogP contribution in [-0.2, 0) is 15.1 Å². The Bertz CT molecular complexity index is 961. The second-order valence-corrected chi connectivity index (χ2v) is 8.27. The van der Waals surface area contributed by atoms with Crippen LogP contribution in [0.15, 0.2) is 42.5 Å². The van der Waals surface area contributed by atoms with Crippen molar-refractivity contribution in [2.24, 2.45) is 0 Å². The van der Waals surface area contributed by atoms with Gasteiger partial charge in [-0.1, -0.05) is 61.7 Å². The van der Waals surface area contributed by atoms with E-state index in [1.165, 1.54) is 6.42 Å². The Morgan fingerprint density at radius 1 is 1.10 bits per heavy atom. The first-order valence-electron chi connectivity index (χ1n) is 10.3. The molecule has 2 aromatic rings. The summed E-state index contributed by atoms with van der Waals surface area (Å²) in [6, 6.07) is 13.2. The molecule has 0 spiro atoms. The summed E-state index contributed by atoms with van der Waals surface area (Å²) in [7, 11) is 1.78. The lowest BCUT2D eigenvalue weighted by Crippen LogP contribution is -2.46. The molecule has 6 heteroatoms. The summed E-state index contributed by atoms with van der Waals surface area (Å²) in [6.45, 7) is 1.49. The van der Waals surface area contributed by atoms with E-state index >= 15 is 0 Å². The van der Waals surface area contributed by atoms with Crippen molar-refractivity contribution in [1.29, 1.82) is 0 Å². The number of likely N-dealkylation sites (N-methyl/N-ethyl adjacent to an activating group) is 1. The van der Waals surface area contributed by atoms with Crippen molar-refractivity contribution >= 4 is 28.6 Å². The maximum absolute atomic E-state index is 13.3. The molecule has 4 amide bonds. The number of hydrogen-bond donors (Lipinski definition) is 1. The number of nitrogens with one attached hydrogen (secondary N) is 1. The molecule has 4 rings (SSSR count). The van der Waals surface area contributed by atoms with E-state index in [0.717, 1.165) is 46.9 Å². The molecule has 6 nitrogen and oxygen atoms in total. The molecule has 0 unspecified atom stereocenters. The second-order valence-electron chi connectivity index (χ2n) is 8.27. The highest BCUT2D eigenvalue weighted by Gasteiger charge is 2.50. The zero-order chi connectivity index (χ0) is 20.6. The molecule has 1 heterocycles. The van der Waals surface area contributed by atoms with E-state index in [9.17, 15) is 14.4 Å². The number of nitrogens with zero attached hydrogens (tertiary/aromatic N) is 2. The maximum atomic E-state index is 13.3. The van der Waals surface area contributed by atoms with Gasteiger partial charge < -0.3 is 10.2 Å². The Balaban J connectivity index is 1.57. The van der Waals surface area contributed by atoms with Crippen LogP contribution in [0.5, 0.6) is 0 Å². The van der Waals surface area contributed by atoms with E-state index < -0.39 is 11.6 Å².